The summed E-state index contributed by atoms with van der Waals surface area (Å²) in [5.74, 6) is -2.96. The maximum Gasteiger partial charge on any atom is 0.254 e. The fourth-order valence-electron chi connectivity index (χ4n) is 4.60. The van der Waals surface area contributed by atoms with Gasteiger partial charge in [-0.2, -0.15) is 0 Å². The molecule has 1 fully saturated rings. The topological polar surface area (TPSA) is 75.9 Å². The molecule has 1 amide bonds. The van der Waals surface area contributed by atoms with Crippen molar-refractivity contribution >= 4 is 16.9 Å². The van der Waals surface area contributed by atoms with Gasteiger partial charge in [-0.05, 0) is 43.5 Å². The molecular weight excluding hydrogens is 450 g/mol. The second-order valence-electron chi connectivity index (χ2n) is 8.73. The highest BCUT2D eigenvalue weighted by atomic mass is 19.2. The molecule has 35 heavy (non-hydrogen) atoms. The first-order chi connectivity index (χ1) is 17.0. The van der Waals surface area contributed by atoms with Crippen molar-refractivity contribution in [3.8, 4) is 11.3 Å². The second-order valence-corrected chi connectivity index (χ2v) is 8.73. The highest BCUT2D eigenvalue weighted by molar-refractivity contribution is 5.95. The minimum absolute atomic E-state index is 0.0266. The van der Waals surface area contributed by atoms with Gasteiger partial charge in [-0.1, -0.05) is 35.5 Å². The molecule has 4 aromatic rings. The largest absolute Gasteiger partial charge is 0.352 e. The smallest absolute Gasteiger partial charge is 0.254 e. The Morgan fingerprint density at radius 3 is 2.60 bits per heavy atom. The summed E-state index contributed by atoms with van der Waals surface area (Å²) >= 11 is 0. The molecule has 0 spiro atoms. The lowest BCUT2D eigenvalue weighted by atomic mass is 10.0. The molecule has 5 rings (SSSR count). The molecule has 2 aromatic carbocycles. The molecule has 0 aliphatic carbocycles. The van der Waals surface area contributed by atoms with Crippen LogP contribution >= 0.6 is 0 Å². The molecule has 1 aliphatic rings. The van der Waals surface area contributed by atoms with E-state index in [1.807, 2.05) is 10.7 Å². The zero-order valence-corrected chi connectivity index (χ0v) is 19.4. The van der Waals surface area contributed by atoms with Gasteiger partial charge in [-0.25, -0.2) is 13.5 Å². The Hall–Kier alpha value is -3.72. The van der Waals surface area contributed by atoms with E-state index in [-0.39, 0.29) is 22.9 Å². The molecule has 0 saturated carbocycles. The van der Waals surface area contributed by atoms with Gasteiger partial charge in [0.2, 0.25) is 0 Å². The minimum Gasteiger partial charge on any atom is -0.352 e. The third-order valence-electron chi connectivity index (χ3n) is 6.45. The van der Waals surface area contributed by atoms with Crippen LogP contribution in [0, 0.1) is 11.6 Å². The first-order valence-electron chi connectivity index (χ1n) is 11.8. The summed E-state index contributed by atoms with van der Waals surface area (Å²) in [5, 5.41) is 11.1. The number of hydrogen-bond acceptors (Lipinski definition) is 5. The summed E-state index contributed by atoms with van der Waals surface area (Å²) in [5.41, 5.74) is 2.50. The highest BCUT2D eigenvalue weighted by Crippen LogP contribution is 2.29. The van der Waals surface area contributed by atoms with E-state index < -0.39 is 17.5 Å². The average molecular weight is 477 g/mol. The van der Waals surface area contributed by atoms with Crippen LogP contribution in [0.4, 0.5) is 8.78 Å². The van der Waals surface area contributed by atoms with Gasteiger partial charge < -0.3 is 5.32 Å². The molecule has 2 aromatic heterocycles. The lowest BCUT2D eigenvalue weighted by Crippen LogP contribution is -2.34. The number of fused-ring (bicyclic) bond motifs is 1. The maximum absolute atomic E-state index is 14.8. The average Bonchev–Trinajstić information content (AvgIpc) is 3.30. The summed E-state index contributed by atoms with van der Waals surface area (Å²) in [7, 11) is 0. The molecule has 180 valence electrons. The fourth-order valence-corrected chi connectivity index (χ4v) is 4.60. The highest BCUT2D eigenvalue weighted by Gasteiger charge is 2.24. The third-order valence-corrected chi connectivity index (χ3v) is 6.45. The number of nitrogens with one attached hydrogen (secondary N) is 1. The van der Waals surface area contributed by atoms with Crippen molar-refractivity contribution in [3.63, 3.8) is 0 Å². The monoisotopic (exact) mass is 476 g/mol. The lowest BCUT2D eigenvalue weighted by Gasteiger charge is -2.32. The number of aromatic nitrogens is 4. The Balaban J connectivity index is 1.33. The molecule has 9 heteroatoms. The molecule has 0 bridgehead atoms. The van der Waals surface area contributed by atoms with Crippen molar-refractivity contribution in [1.82, 2.24) is 30.2 Å². The number of nitrogens with zero attached hydrogens (tertiary/aromatic N) is 5. The first-order valence-corrected chi connectivity index (χ1v) is 11.8. The maximum atomic E-state index is 14.8. The molecule has 0 atom stereocenters. The number of carbonyl (C=O) groups is 1. The summed E-state index contributed by atoms with van der Waals surface area (Å²) in [6.45, 7) is 4.86. The Labute approximate surface area is 201 Å². The van der Waals surface area contributed by atoms with E-state index in [1.165, 1.54) is 17.7 Å². The number of likely N-dealkylation sites (tertiary alicyclic amines) is 1. The molecule has 3 heterocycles. The fraction of sp³-hybridized carbons (Fsp3) is 0.308. The van der Waals surface area contributed by atoms with Crippen LogP contribution < -0.4 is 5.32 Å². The van der Waals surface area contributed by atoms with Crippen molar-refractivity contribution < 1.29 is 13.6 Å². The third kappa shape index (κ3) is 4.64. The molecule has 0 unspecified atom stereocenters. The molecule has 1 N–H and O–H groups in total. The summed E-state index contributed by atoms with van der Waals surface area (Å²) < 4.78 is 31.2. The molecule has 7 nitrogen and oxygen atoms in total. The number of amides is 1. The van der Waals surface area contributed by atoms with Crippen LogP contribution in [0.2, 0.25) is 0 Å². The van der Waals surface area contributed by atoms with E-state index in [9.17, 15) is 13.6 Å². The van der Waals surface area contributed by atoms with Crippen LogP contribution in [0.1, 0.15) is 41.7 Å². The zero-order chi connectivity index (χ0) is 24.4. The van der Waals surface area contributed by atoms with Gasteiger partial charge >= 0.3 is 0 Å². The number of piperidine rings is 1. The van der Waals surface area contributed by atoms with Crippen LogP contribution in [-0.2, 0) is 6.54 Å². The van der Waals surface area contributed by atoms with E-state index in [0.717, 1.165) is 38.0 Å². The van der Waals surface area contributed by atoms with Crippen molar-refractivity contribution in [2.75, 3.05) is 19.6 Å². The predicted molar refractivity (Wildman–Crippen MR) is 129 cm³/mol. The van der Waals surface area contributed by atoms with Gasteiger partial charge in [0.1, 0.15) is 11.0 Å². The number of halogens is 2. The van der Waals surface area contributed by atoms with E-state index in [2.05, 4.69) is 49.8 Å². The van der Waals surface area contributed by atoms with E-state index >= 15 is 0 Å². The van der Waals surface area contributed by atoms with Crippen LogP contribution in [-0.4, -0.2) is 50.4 Å². The SMILES string of the molecule is CCNC(=O)c1ccc(-c2cc3nnn(C4CCN(Cc5ccccc5)CC4)c3cn2)c(F)c1F. The van der Waals surface area contributed by atoms with Gasteiger partial charge in [0.15, 0.2) is 11.6 Å². The minimum atomic E-state index is -1.19. The van der Waals surface area contributed by atoms with Crippen molar-refractivity contribution in [2.24, 2.45) is 0 Å². The summed E-state index contributed by atoms with van der Waals surface area (Å²) in [6, 6.07) is 14.9. The Morgan fingerprint density at radius 2 is 1.86 bits per heavy atom. The van der Waals surface area contributed by atoms with Gasteiger partial charge in [0, 0.05) is 31.7 Å². The molecule has 1 aliphatic heterocycles. The Kier molecular flexibility index (Phi) is 6.50. The number of rotatable bonds is 6. The lowest BCUT2D eigenvalue weighted by molar-refractivity contribution is 0.0951. The van der Waals surface area contributed by atoms with Gasteiger partial charge in [0.25, 0.3) is 5.91 Å². The van der Waals surface area contributed by atoms with Crippen molar-refractivity contribution in [2.45, 2.75) is 32.4 Å². The number of hydrogen-bond donors (Lipinski definition) is 1. The van der Waals surface area contributed by atoms with Crippen LogP contribution in [0.15, 0.2) is 54.7 Å². The molecule has 0 radical (unpaired) electrons. The zero-order valence-electron chi connectivity index (χ0n) is 19.4. The molecule has 1 saturated heterocycles. The number of pyridine rings is 1. The van der Waals surface area contributed by atoms with Gasteiger partial charge in [-0.3, -0.25) is 14.7 Å². The van der Waals surface area contributed by atoms with Gasteiger partial charge in [0.05, 0.1) is 23.5 Å². The molecular formula is C26H26F2N6O. The Morgan fingerprint density at radius 1 is 1.09 bits per heavy atom. The van der Waals surface area contributed by atoms with Crippen molar-refractivity contribution in [1.29, 1.82) is 0 Å². The van der Waals surface area contributed by atoms with Crippen molar-refractivity contribution in [3.05, 3.63) is 77.5 Å². The van der Waals surface area contributed by atoms with Crippen LogP contribution in [0.25, 0.3) is 22.3 Å². The van der Waals surface area contributed by atoms with Gasteiger partial charge in [-0.15, -0.1) is 5.10 Å². The number of benzene rings is 2. The predicted octanol–water partition coefficient (Wildman–Crippen LogP) is 4.36. The Bertz CT molecular complexity index is 1350. The summed E-state index contributed by atoms with van der Waals surface area (Å²) in [4.78, 5) is 18.8. The van der Waals surface area contributed by atoms with E-state index in [4.69, 9.17) is 0 Å². The first kappa shape index (κ1) is 23.0. The summed E-state index contributed by atoms with van der Waals surface area (Å²) in [6.07, 6.45) is 3.48. The van der Waals surface area contributed by atoms with Crippen LogP contribution in [0.5, 0.6) is 0 Å². The quantitative estimate of drug-likeness (QED) is 0.448. The van der Waals surface area contributed by atoms with Crippen LogP contribution in [0.3, 0.4) is 0 Å². The van der Waals surface area contributed by atoms with E-state index in [1.54, 1.807) is 19.2 Å². The standard InChI is InChI=1S/C26H26F2N6O/c1-2-29-26(35)20-9-8-19(24(27)25(20)28)21-14-22-23(15-30-21)34(32-31-22)18-10-12-33(13-11-18)16-17-6-4-3-5-7-17/h3-9,14-15,18H,2,10-13,16H2,1H3,(H,29,35). The normalized spacial score (nSPS) is 14.9. The number of carbonyl (C=O) groups excluding carboxylic acids is 1. The van der Waals surface area contributed by atoms with E-state index in [0.29, 0.717) is 12.1 Å². The second kappa shape index (κ2) is 9.87.